The van der Waals surface area contributed by atoms with Crippen LogP contribution in [0.2, 0.25) is 0 Å². The van der Waals surface area contributed by atoms with Crippen LogP contribution in [0.4, 0.5) is 0 Å². The molecule has 3 N–H and O–H groups in total. The number of guanidine groups is 1. The summed E-state index contributed by atoms with van der Waals surface area (Å²) in [7, 11) is 0. The Morgan fingerprint density at radius 1 is 1.24 bits per heavy atom. The van der Waals surface area contributed by atoms with Gasteiger partial charge in [0.25, 0.3) is 0 Å². The van der Waals surface area contributed by atoms with Crippen molar-refractivity contribution in [3.8, 4) is 0 Å². The van der Waals surface area contributed by atoms with E-state index in [9.17, 15) is 0 Å². The van der Waals surface area contributed by atoms with Crippen molar-refractivity contribution in [2.24, 2.45) is 4.99 Å². The van der Waals surface area contributed by atoms with Gasteiger partial charge in [-0.05, 0) is 31.4 Å². The molecule has 0 aliphatic carbocycles. The number of aromatic amines is 1. The molecule has 6 nitrogen and oxygen atoms in total. The molecular formula is C19H28N6. The highest BCUT2D eigenvalue weighted by Crippen LogP contribution is 2.13. The zero-order valence-electron chi connectivity index (χ0n) is 14.9. The van der Waals surface area contributed by atoms with Crippen LogP contribution in [-0.4, -0.2) is 46.7 Å². The van der Waals surface area contributed by atoms with Crippen molar-refractivity contribution < 1.29 is 0 Å². The lowest BCUT2D eigenvalue weighted by Crippen LogP contribution is -2.48. The smallest absolute Gasteiger partial charge is 0.191 e. The highest BCUT2D eigenvalue weighted by molar-refractivity contribution is 5.80. The van der Waals surface area contributed by atoms with E-state index in [4.69, 9.17) is 0 Å². The van der Waals surface area contributed by atoms with E-state index >= 15 is 0 Å². The van der Waals surface area contributed by atoms with Crippen molar-refractivity contribution >= 4 is 5.96 Å². The second kappa shape index (κ2) is 9.22. The van der Waals surface area contributed by atoms with E-state index in [1.165, 1.54) is 5.56 Å². The molecule has 0 spiro atoms. The van der Waals surface area contributed by atoms with E-state index in [0.29, 0.717) is 12.6 Å². The van der Waals surface area contributed by atoms with Gasteiger partial charge in [-0.25, -0.2) is 4.99 Å². The molecule has 1 saturated heterocycles. The minimum atomic E-state index is 0.478. The molecule has 1 aliphatic heterocycles. The first-order valence-electron chi connectivity index (χ1n) is 9.13. The Bertz CT molecular complexity index is 629. The van der Waals surface area contributed by atoms with Gasteiger partial charge < -0.3 is 10.6 Å². The summed E-state index contributed by atoms with van der Waals surface area (Å²) in [5, 5.41) is 13.8. The minimum Gasteiger partial charge on any atom is -0.357 e. The van der Waals surface area contributed by atoms with Gasteiger partial charge in [0.2, 0.25) is 0 Å². The summed E-state index contributed by atoms with van der Waals surface area (Å²) in [5.41, 5.74) is 2.42. The van der Waals surface area contributed by atoms with E-state index in [1.54, 1.807) is 6.20 Å². The summed E-state index contributed by atoms with van der Waals surface area (Å²) in [6.45, 7) is 6.85. The first-order valence-corrected chi connectivity index (χ1v) is 9.13. The van der Waals surface area contributed by atoms with Crippen molar-refractivity contribution in [1.82, 2.24) is 25.7 Å². The summed E-state index contributed by atoms with van der Waals surface area (Å²) < 4.78 is 0. The molecule has 134 valence electrons. The van der Waals surface area contributed by atoms with Crippen LogP contribution in [0, 0.1) is 0 Å². The van der Waals surface area contributed by atoms with Crippen LogP contribution >= 0.6 is 0 Å². The lowest BCUT2D eigenvalue weighted by Gasteiger charge is -2.33. The van der Waals surface area contributed by atoms with Gasteiger partial charge in [-0.1, -0.05) is 30.3 Å². The fourth-order valence-corrected chi connectivity index (χ4v) is 3.13. The van der Waals surface area contributed by atoms with E-state index in [2.05, 4.69) is 68.0 Å². The fraction of sp³-hybridized carbons (Fsp3) is 0.474. The summed E-state index contributed by atoms with van der Waals surface area (Å²) in [6.07, 6.45) is 4.04. The van der Waals surface area contributed by atoms with Crippen LogP contribution in [0.1, 0.15) is 31.0 Å². The summed E-state index contributed by atoms with van der Waals surface area (Å²) in [5.74, 6) is 0.888. The zero-order valence-corrected chi connectivity index (χ0v) is 14.9. The van der Waals surface area contributed by atoms with Gasteiger partial charge in [0.15, 0.2) is 5.96 Å². The maximum absolute atomic E-state index is 4.65. The van der Waals surface area contributed by atoms with Gasteiger partial charge in [0.05, 0.1) is 12.2 Å². The third-order valence-corrected chi connectivity index (χ3v) is 4.49. The number of H-pyrrole nitrogens is 1. The van der Waals surface area contributed by atoms with E-state index in [-0.39, 0.29) is 0 Å². The molecule has 2 aromatic rings. The summed E-state index contributed by atoms with van der Waals surface area (Å²) >= 11 is 0. The predicted octanol–water partition coefficient (Wildman–Crippen LogP) is 2.13. The quantitative estimate of drug-likeness (QED) is 0.557. The van der Waals surface area contributed by atoms with Crippen LogP contribution < -0.4 is 10.6 Å². The molecule has 1 aliphatic rings. The number of aromatic nitrogens is 2. The van der Waals surface area contributed by atoms with Gasteiger partial charge in [0, 0.05) is 38.4 Å². The lowest BCUT2D eigenvalue weighted by molar-refractivity contribution is 0.198. The van der Waals surface area contributed by atoms with Gasteiger partial charge in [-0.2, -0.15) is 5.10 Å². The van der Waals surface area contributed by atoms with Crippen molar-refractivity contribution in [3.63, 3.8) is 0 Å². The normalized spacial score (nSPS) is 16.8. The molecule has 25 heavy (non-hydrogen) atoms. The molecule has 0 bridgehead atoms. The predicted molar refractivity (Wildman–Crippen MR) is 101 cm³/mol. The zero-order chi connectivity index (χ0) is 17.3. The number of piperidine rings is 1. The topological polar surface area (TPSA) is 68.3 Å². The van der Waals surface area contributed by atoms with E-state index in [0.717, 1.165) is 50.7 Å². The van der Waals surface area contributed by atoms with Crippen LogP contribution in [0.3, 0.4) is 0 Å². The molecular weight excluding hydrogens is 312 g/mol. The first-order chi connectivity index (χ1) is 12.3. The number of nitrogens with one attached hydrogen (secondary N) is 3. The largest absolute Gasteiger partial charge is 0.357 e. The standard InChI is InChI=1S/C19H28N6/c1-2-20-19(21-14-18-8-11-22-24-18)23-17-9-12-25(13-10-17)15-16-6-4-3-5-7-16/h3-8,11,17H,2,9-10,12-15H2,1H3,(H,22,24)(H2,20,21,23). The van der Waals surface area contributed by atoms with Crippen LogP contribution in [0.5, 0.6) is 0 Å². The van der Waals surface area contributed by atoms with Crippen LogP contribution in [-0.2, 0) is 13.1 Å². The highest BCUT2D eigenvalue weighted by atomic mass is 15.2. The van der Waals surface area contributed by atoms with Gasteiger partial charge >= 0.3 is 0 Å². The summed E-state index contributed by atoms with van der Waals surface area (Å²) in [6, 6.07) is 13.1. The Morgan fingerprint density at radius 2 is 2.04 bits per heavy atom. The Labute approximate surface area is 149 Å². The number of nitrogens with zero attached hydrogens (tertiary/aromatic N) is 3. The minimum absolute atomic E-state index is 0.478. The molecule has 6 heteroatoms. The van der Waals surface area contributed by atoms with Gasteiger partial charge in [0.1, 0.15) is 0 Å². The van der Waals surface area contributed by atoms with Gasteiger partial charge in [-0.15, -0.1) is 0 Å². The average Bonchev–Trinajstić information content (AvgIpc) is 3.16. The molecule has 2 heterocycles. The van der Waals surface area contributed by atoms with Crippen molar-refractivity contribution in [3.05, 3.63) is 53.9 Å². The molecule has 0 atom stereocenters. The third-order valence-electron chi connectivity index (χ3n) is 4.49. The first kappa shape index (κ1) is 17.5. The van der Waals surface area contributed by atoms with E-state index in [1.807, 2.05) is 6.07 Å². The molecule has 0 amide bonds. The maximum atomic E-state index is 4.65. The van der Waals surface area contributed by atoms with Gasteiger partial charge in [-0.3, -0.25) is 10.00 Å². The molecule has 1 aromatic heterocycles. The number of hydrogen-bond acceptors (Lipinski definition) is 3. The SMILES string of the molecule is CCNC(=NCc1ccn[nH]1)NC1CCN(Cc2ccccc2)CC1. The number of likely N-dealkylation sites (tertiary alicyclic amines) is 1. The Kier molecular flexibility index (Phi) is 6.45. The molecule has 0 unspecified atom stereocenters. The second-order valence-electron chi connectivity index (χ2n) is 6.46. The monoisotopic (exact) mass is 340 g/mol. The third kappa shape index (κ3) is 5.60. The van der Waals surface area contributed by atoms with Crippen molar-refractivity contribution in [1.29, 1.82) is 0 Å². The summed E-state index contributed by atoms with van der Waals surface area (Å²) in [4.78, 5) is 7.18. The van der Waals surface area contributed by atoms with Crippen molar-refractivity contribution in [2.75, 3.05) is 19.6 Å². The Balaban J connectivity index is 1.46. The lowest BCUT2D eigenvalue weighted by atomic mass is 10.0. The molecule has 3 rings (SSSR count). The molecule has 1 fully saturated rings. The van der Waals surface area contributed by atoms with E-state index < -0.39 is 0 Å². The Morgan fingerprint density at radius 3 is 2.72 bits per heavy atom. The number of benzene rings is 1. The fourth-order valence-electron chi connectivity index (χ4n) is 3.13. The van der Waals surface area contributed by atoms with Crippen LogP contribution in [0.25, 0.3) is 0 Å². The number of aliphatic imine (C=N–C) groups is 1. The second-order valence-corrected chi connectivity index (χ2v) is 6.46. The van der Waals surface area contributed by atoms with Crippen LogP contribution in [0.15, 0.2) is 47.6 Å². The number of hydrogen-bond donors (Lipinski definition) is 3. The molecule has 0 radical (unpaired) electrons. The van der Waals surface area contributed by atoms with Crippen molar-refractivity contribution in [2.45, 2.75) is 38.9 Å². The highest BCUT2D eigenvalue weighted by Gasteiger charge is 2.20. The molecule has 0 saturated carbocycles. The maximum Gasteiger partial charge on any atom is 0.191 e. The average molecular weight is 340 g/mol. The Hall–Kier alpha value is -2.34. The number of rotatable bonds is 6. The molecule has 1 aromatic carbocycles.